The Labute approximate surface area is 222 Å². The number of rotatable bonds is 13. The second kappa shape index (κ2) is 14.4. The van der Waals surface area contributed by atoms with E-state index in [1.165, 1.54) is 19.7 Å². The highest BCUT2D eigenvalue weighted by Crippen LogP contribution is 2.34. The van der Waals surface area contributed by atoms with Crippen LogP contribution in [-0.2, 0) is 6.61 Å². The molecule has 1 N–H and O–H groups in total. The molecule has 36 heavy (non-hydrogen) atoms. The first-order chi connectivity index (χ1) is 17.5. The van der Waals surface area contributed by atoms with Crippen LogP contribution in [0.1, 0.15) is 54.1 Å². The highest BCUT2D eigenvalue weighted by molar-refractivity contribution is 6.37. The molecule has 6 nitrogen and oxygen atoms in total. The summed E-state index contributed by atoms with van der Waals surface area (Å²) in [6.45, 7) is 3.11. The fourth-order valence-corrected chi connectivity index (χ4v) is 4.00. The van der Waals surface area contributed by atoms with Crippen LogP contribution in [0.3, 0.4) is 0 Å². The third kappa shape index (κ3) is 8.18. The van der Waals surface area contributed by atoms with E-state index in [1.807, 2.05) is 30.3 Å². The number of nitrogens with one attached hydrogen (secondary N) is 1. The zero-order chi connectivity index (χ0) is 25.8. The van der Waals surface area contributed by atoms with E-state index in [4.69, 9.17) is 37.4 Å². The molecule has 0 fully saturated rings. The van der Waals surface area contributed by atoms with Gasteiger partial charge in [0.2, 0.25) is 0 Å². The van der Waals surface area contributed by atoms with E-state index in [0.717, 1.165) is 24.8 Å². The molecule has 0 radical (unpaired) electrons. The van der Waals surface area contributed by atoms with E-state index in [2.05, 4.69) is 17.5 Å². The summed E-state index contributed by atoms with van der Waals surface area (Å²) in [5.41, 5.74) is 4.53. The van der Waals surface area contributed by atoms with Gasteiger partial charge in [-0.3, -0.25) is 4.79 Å². The Morgan fingerprint density at radius 1 is 0.944 bits per heavy atom. The third-order valence-corrected chi connectivity index (χ3v) is 5.87. The molecular formula is C28H30Cl2N2O4. The molecular weight excluding hydrogens is 499 g/mol. The van der Waals surface area contributed by atoms with Gasteiger partial charge in [-0.1, -0.05) is 79.7 Å². The molecule has 0 aliphatic rings. The normalized spacial score (nSPS) is 10.9. The summed E-state index contributed by atoms with van der Waals surface area (Å²) in [5.74, 6) is 1.05. The summed E-state index contributed by atoms with van der Waals surface area (Å²) in [4.78, 5) is 12.6. The molecule has 0 spiro atoms. The second-order valence-electron chi connectivity index (χ2n) is 8.06. The smallest absolute Gasteiger partial charge is 0.271 e. The van der Waals surface area contributed by atoms with Gasteiger partial charge in [0.15, 0.2) is 17.2 Å². The van der Waals surface area contributed by atoms with Gasteiger partial charge in [-0.2, -0.15) is 5.10 Å². The molecule has 8 heteroatoms. The average molecular weight is 529 g/mol. The highest BCUT2D eigenvalue weighted by Gasteiger charge is 2.12. The van der Waals surface area contributed by atoms with E-state index in [-0.39, 0.29) is 0 Å². The number of unbranched alkanes of at least 4 members (excludes halogenated alkanes) is 3. The van der Waals surface area contributed by atoms with Crippen LogP contribution < -0.4 is 19.6 Å². The Morgan fingerprint density at radius 3 is 2.39 bits per heavy atom. The van der Waals surface area contributed by atoms with Gasteiger partial charge >= 0.3 is 0 Å². The number of hydrogen-bond acceptors (Lipinski definition) is 5. The van der Waals surface area contributed by atoms with Crippen molar-refractivity contribution in [3.63, 3.8) is 0 Å². The fraction of sp³-hybridized carbons (Fsp3) is 0.286. The van der Waals surface area contributed by atoms with Crippen LogP contribution in [0.5, 0.6) is 17.2 Å². The molecule has 0 saturated heterocycles. The SMILES string of the molecule is CCCCCCOc1c(Cl)cc(/C=N/NC(=O)c2ccc(OCc3ccccc3)c(OC)c2)cc1Cl. The summed E-state index contributed by atoms with van der Waals surface area (Å²) in [7, 11) is 1.52. The van der Waals surface area contributed by atoms with E-state index in [9.17, 15) is 4.79 Å². The van der Waals surface area contributed by atoms with Gasteiger partial charge in [-0.05, 0) is 47.9 Å². The Hall–Kier alpha value is -3.22. The molecule has 190 valence electrons. The number of halogens is 2. The van der Waals surface area contributed by atoms with Crippen LogP contribution in [0.4, 0.5) is 0 Å². The van der Waals surface area contributed by atoms with E-state index < -0.39 is 5.91 Å². The second-order valence-corrected chi connectivity index (χ2v) is 8.88. The lowest BCUT2D eigenvalue weighted by Gasteiger charge is -2.12. The summed E-state index contributed by atoms with van der Waals surface area (Å²) in [5, 5.41) is 4.81. The maximum Gasteiger partial charge on any atom is 0.271 e. The Kier molecular flexibility index (Phi) is 10.9. The van der Waals surface area contributed by atoms with Crippen molar-refractivity contribution in [2.75, 3.05) is 13.7 Å². The van der Waals surface area contributed by atoms with Crippen molar-refractivity contribution in [1.82, 2.24) is 5.43 Å². The number of methoxy groups -OCH3 is 1. The van der Waals surface area contributed by atoms with Gasteiger partial charge in [0, 0.05) is 5.56 Å². The van der Waals surface area contributed by atoms with Crippen LogP contribution >= 0.6 is 23.2 Å². The number of hydrogen-bond donors (Lipinski definition) is 1. The Balaban J connectivity index is 1.57. The van der Waals surface area contributed by atoms with Crippen LogP contribution in [0.15, 0.2) is 65.8 Å². The van der Waals surface area contributed by atoms with Gasteiger partial charge < -0.3 is 14.2 Å². The van der Waals surface area contributed by atoms with Gasteiger partial charge in [0.25, 0.3) is 5.91 Å². The molecule has 0 unspecified atom stereocenters. The largest absolute Gasteiger partial charge is 0.493 e. The Bertz CT molecular complexity index is 1150. The van der Waals surface area contributed by atoms with Crippen LogP contribution in [0.25, 0.3) is 0 Å². The van der Waals surface area contributed by atoms with Crippen molar-refractivity contribution in [2.45, 2.75) is 39.2 Å². The van der Waals surface area contributed by atoms with Crippen LogP contribution in [0, 0.1) is 0 Å². The van der Waals surface area contributed by atoms with Crippen molar-refractivity contribution >= 4 is 35.3 Å². The minimum absolute atomic E-state index is 0.374. The molecule has 0 heterocycles. The molecule has 3 aromatic carbocycles. The highest BCUT2D eigenvalue weighted by atomic mass is 35.5. The molecule has 3 rings (SSSR count). The molecule has 0 saturated carbocycles. The maximum atomic E-state index is 12.6. The van der Waals surface area contributed by atoms with E-state index in [1.54, 1.807) is 30.3 Å². The zero-order valence-electron chi connectivity index (χ0n) is 20.4. The van der Waals surface area contributed by atoms with Crippen molar-refractivity contribution < 1.29 is 19.0 Å². The molecule has 0 aromatic heterocycles. The third-order valence-electron chi connectivity index (χ3n) is 5.31. The standard InChI is InChI=1S/C28H30Cl2N2O4/c1-3-4-5-9-14-35-27-23(29)15-21(16-24(27)30)18-31-32-28(33)22-12-13-25(26(17-22)34-2)36-19-20-10-7-6-8-11-20/h6-8,10-13,15-18H,3-5,9,14,19H2,1-2H3,(H,32,33)/b31-18+. The topological polar surface area (TPSA) is 69.2 Å². The van der Waals surface area contributed by atoms with Gasteiger partial charge in [0.05, 0.1) is 30.0 Å². The maximum absolute atomic E-state index is 12.6. The summed E-state index contributed by atoms with van der Waals surface area (Å²) in [6, 6.07) is 18.1. The van der Waals surface area contributed by atoms with Crippen molar-refractivity contribution in [3.05, 3.63) is 87.4 Å². The molecule has 0 atom stereocenters. The lowest BCUT2D eigenvalue weighted by molar-refractivity contribution is 0.0954. The van der Waals surface area contributed by atoms with Crippen molar-refractivity contribution in [1.29, 1.82) is 0 Å². The first-order valence-corrected chi connectivity index (χ1v) is 12.6. The first-order valence-electron chi connectivity index (χ1n) is 11.8. The number of amides is 1. The van der Waals surface area contributed by atoms with E-state index in [0.29, 0.717) is 51.6 Å². The van der Waals surface area contributed by atoms with Crippen molar-refractivity contribution in [3.8, 4) is 17.2 Å². The predicted octanol–water partition coefficient (Wildman–Crippen LogP) is 7.30. The summed E-state index contributed by atoms with van der Waals surface area (Å²) in [6.07, 6.45) is 5.85. The molecule has 1 amide bonds. The average Bonchev–Trinajstić information content (AvgIpc) is 2.89. The number of benzene rings is 3. The zero-order valence-corrected chi connectivity index (χ0v) is 21.9. The number of carbonyl (C=O) groups excluding carboxylic acids is 1. The lowest BCUT2D eigenvalue weighted by atomic mass is 10.2. The quantitative estimate of drug-likeness (QED) is 0.143. The van der Waals surface area contributed by atoms with Gasteiger partial charge in [-0.25, -0.2) is 5.43 Å². The van der Waals surface area contributed by atoms with Crippen LogP contribution in [-0.4, -0.2) is 25.8 Å². The van der Waals surface area contributed by atoms with Crippen LogP contribution in [0.2, 0.25) is 10.0 Å². The fourth-order valence-electron chi connectivity index (χ4n) is 3.39. The monoisotopic (exact) mass is 528 g/mol. The number of carbonyl (C=O) groups is 1. The van der Waals surface area contributed by atoms with E-state index >= 15 is 0 Å². The van der Waals surface area contributed by atoms with Gasteiger partial charge in [-0.15, -0.1) is 0 Å². The lowest BCUT2D eigenvalue weighted by Crippen LogP contribution is -2.17. The predicted molar refractivity (Wildman–Crippen MR) is 145 cm³/mol. The number of nitrogens with zero attached hydrogens (tertiary/aromatic N) is 1. The Morgan fingerprint density at radius 2 is 1.69 bits per heavy atom. The molecule has 3 aromatic rings. The first kappa shape index (κ1) is 27.4. The van der Waals surface area contributed by atoms with Crippen molar-refractivity contribution in [2.24, 2.45) is 5.10 Å². The molecule has 0 aliphatic heterocycles. The summed E-state index contributed by atoms with van der Waals surface area (Å²) < 4.78 is 17.0. The minimum atomic E-state index is -0.400. The number of hydrazone groups is 1. The minimum Gasteiger partial charge on any atom is -0.493 e. The van der Waals surface area contributed by atoms with Gasteiger partial charge in [0.1, 0.15) is 6.61 Å². The number of ether oxygens (including phenoxy) is 3. The summed E-state index contributed by atoms with van der Waals surface area (Å²) >= 11 is 12.7. The molecule has 0 aliphatic carbocycles. The molecule has 0 bridgehead atoms.